The summed E-state index contributed by atoms with van der Waals surface area (Å²) in [4.78, 5) is 25.7. The van der Waals surface area contributed by atoms with E-state index in [0.29, 0.717) is 11.2 Å². The van der Waals surface area contributed by atoms with Gasteiger partial charge < -0.3 is 15.8 Å². The summed E-state index contributed by atoms with van der Waals surface area (Å²) < 4.78 is 1.55. The topological polar surface area (TPSA) is 125 Å². The Hall–Kier alpha value is -3.54. The number of hydrogen-bond acceptors (Lipinski definition) is 5. The van der Waals surface area contributed by atoms with Crippen LogP contribution in [0.1, 0.15) is 11.1 Å². The molecule has 0 spiro atoms. The van der Waals surface area contributed by atoms with Crippen molar-refractivity contribution in [3.05, 3.63) is 67.7 Å². The highest BCUT2D eigenvalue weighted by molar-refractivity contribution is 7.08. The number of aromatic nitrogens is 2. The molecule has 29 heavy (non-hydrogen) atoms. The normalized spacial score (nSPS) is 10.9. The average Bonchev–Trinajstić information content (AvgIpc) is 3.25. The lowest BCUT2D eigenvalue weighted by Gasteiger charge is -2.10. The highest BCUT2D eigenvalue weighted by Crippen LogP contribution is 2.34. The summed E-state index contributed by atoms with van der Waals surface area (Å²) in [7, 11) is 0. The van der Waals surface area contributed by atoms with E-state index in [1.54, 1.807) is 22.8 Å². The van der Waals surface area contributed by atoms with Crippen LogP contribution in [0.15, 0.2) is 45.9 Å². The van der Waals surface area contributed by atoms with Crippen LogP contribution in [0.4, 0.5) is 0 Å². The van der Waals surface area contributed by atoms with Crippen molar-refractivity contribution in [2.75, 3.05) is 0 Å². The molecule has 1 aromatic carbocycles. The Bertz CT molecular complexity index is 1360. The molecule has 4 N–H and O–H groups in total. The highest BCUT2D eigenvalue weighted by Gasteiger charge is 2.19. The molecule has 4 rings (SSSR count). The predicted molar refractivity (Wildman–Crippen MR) is 111 cm³/mol. The molecule has 0 saturated carbocycles. The lowest BCUT2D eigenvalue weighted by atomic mass is 10.0. The molecule has 0 radical (unpaired) electrons. The van der Waals surface area contributed by atoms with E-state index in [2.05, 4.69) is 4.98 Å². The summed E-state index contributed by atoms with van der Waals surface area (Å²) in [5.74, 6) is -0.826. The van der Waals surface area contributed by atoms with Crippen LogP contribution >= 0.6 is 22.9 Å². The van der Waals surface area contributed by atoms with E-state index in [9.17, 15) is 14.7 Å². The van der Waals surface area contributed by atoms with Crippen molar-refractivity contribution in [1.82, 2.24) is 9.55 Å². The minimum absolute atomic E-state index is 0.160. The second-order valence-corrected chi connectivity index (χ2v) is 7.49. The van der Waals surface area contributed by atoms with Crippen LogP contribution in [0.3, 0.4) is 0 Å². The smallest absolute Gasteiger partial charge is 0.270 e. The molecule has 0 saturated heterocycles. The molecule has 0 unspecified atom stereocenters. The van der Waals surface area contributed by atoms with Gasteiger partial charge in [0.15, 0.2) is 11.3 Å². The molecule has 0 aliphatic carbocycles. The van der Waals surface area contributed by atoms with Gasteiger partial charge in [-0.2, -0.15) is 16.6 Å². The Morgan fingerprint density at radius 1 is 1.31 bits per heavy atom. The van der Waals surface area contributed by atoms with E-state index in [1.165, 1.54) is 17.4 Å². The van der Waals surface area contributed by atoms with Crippen molar-refractivity contribution in [2.45, 2.75) is 6.42 Å². The first-order valence-corrected chi connectivity index (χ1v) is 9.73. The SMILES string of the molecule is N#Cc1c(O)c2c(cc(Cl)n2-c2ccc(-c3cscc3CC(N)=O)cc2)[nH]c1=O. The maximum Gasteiger partial charge on any atom is 0.270 e. The number of halogens is 1. The van der Waals surface area contributed by atoms with Crippen LogP contribution in [0, 0.1) is 11.3 Å². The number of nitriles is 1. The molecule has 0 aliphatic rings. The number of carbonyl (C=O) groups is 1. The lowest BCUT2D eigenvalue weighted by molar-refractivity contribution is -0.117. The Morgan fingerprint density at radius 2 is 2.03 bits per heavy atom. The number of rotatable bonds is 4. The zero-order valence-corrected chi connectivity index (χ0v) is 16.3. The summed E-state index contributed by atoms with van der Waals surface area (Å²) >= 11 is 7.83. The molecule has 9 heteroatoms. The number of benzene rings is 1. The van der Waals surface area contributed by atoms with E-state index in [1.807, 2.05) is 22.9 Å². The number of nitrogens with zero attached hydrogens (tertiary/aromatic N) is 2. The van der Waals surface area contributed by atoms with Crippen LogP contribution < -0.4 is 11.3 Å². The number of aromatic amines is 1. The Balaban J connectivity index is 1.83. The quantitative estimate of drug-likeness (QED) is 0.464. The second kappa shape index (κ2) is 7.13. The fourth-order valence-corrected chi connectivity index (χ4v) is 4.42. The molecule has 0 atom stereocenters. The lowest BCUT2D eigenvalue weighted by Crippen LogP contribution is -2.13. The summed E-state index contributed by atoms with van der Waals surface area (Å²) in [6.45, 7) is 0. The van der Waals surface area contributed by atoms with E-state index in [0.717, 1.165) is 16.7 Å². The fraction of sp³-hybridized carbons (Fsp3) is 0.0500. The fourth-order valence-electron chi connectivity index (χ4n) is 3.27. The Kier molecular flexibility index (Phi) is 4.62. The van der Waals surface area contributed by atoms with Gasteiger partial charge in [-0.25, -0.2) is 0 Å². The average molecular weight is 425 g/mol. The van der Waals surface area contributed by atoms with Crippen LogP contribution in [0.2, 0.25) is 5.15 Å². The second-order valence-electron chi connectivity index (χ2n) is 6.35. The Morgan fingerprint density at radius 3 is 2.69 bits per heavy atom. The van der Waals surface area contributed by atoms with E-state index in [4.69, 9.17) is 22.6 Å². The van der Waals surface area contributed by atoms with Gasteiger partial charge in [0.1, 0.15) is 16.7 Å². The highest BCUT2D eigenvalue weighted by atomic mass is 35.5. The number of pyridine rings is 1. The molecular formula is C20H13ClN4O3S. The van der Waals surface area contributed by atoms with Crippen LogP contribution in [-0.2, 0) is 11.2 Å². The van der Waals surface area contributed by atoms with Gasteiger partial charge in [-0.3, -0.25) is 14.2 Å². The first-order valence-electron chi connectivity index (χ1n) is 8.41. The van der Waals surface area contributed by atoms with Gasteiger partial charge in [-0.05, 0) is 45.6 Å². The largest absolute Gasteiger partial charge is 0.504 e. The van der Waals surface area contributed by atoms with Gasteiger partial charge in [0.05, 0.1) is 11.9 Å². The third-order valence-electron chi connectivity index (χ3n) is 4.55. The number of nitrogens with two attached hydrogens (primary N) is 1. The van der Waals surface area contributed by atoms with Gasteiger partial charge in [-0.15, -0.1) is 0 Å². The minimum atomic E-state index is -0.680. The van der Waals surface area contributed by atoms with Gasteiger partial charge in [-0.1, -0.05) is 23.7 Å². The first-order chi connectivity index (χ1) is 13.9. The number of aromatic hydroxyl groups is 1. The molecule has 4 aromatic rings. The summed E-state index contributed by atoms with van der Waals surface area (Å²) in [5, 5.41) is 23.7. The van der Waals surface area contributed by atoms with Gasteiger partial charge in [0, 0.05) is 5.69 Å². The first kappa shape index (κ1) is 18.8. The van der Waals surface area contributed by atoms with Crippen molar-refractivity contribution in [1.29, 1.82) is 5.26 Å². The van der Waals surface area contributed by atoms with E-state index < -0.39 is 17.2 Å². The van der Waals surface area contributed by atoms with Crippen molar-refractivity contribution in [2.24, 2.45) is 5.73 Å². The summed E-state index contributed by atoms with van der Waals surface area (Å²) in [5.41, 5.74) is 8.12. The third kappa shape index (κ3) is 3.16. The van der Waals surface area contributed by atoms with Crippen molar-refractivity contribution < 1.29 is 9.90 Å². The molecule has 3 aromatic heterocycles. The maximum atomic E-state index is 11.9. The summed E-state index contributed by atoms with van der Waals surface area (Å²) in [6.07, 6.45) is 0.160. The number of hydrogen-bond donors (Lipinski definition) is 3. The molecule has 3 heterocycles. The standard InChI is InChI=1S/C20H13ClN4O3S/c21-16-6-15-18(19(27)13(7-22)20(28)24-15)25(16)12-3-1-10(2-4-12)14-9-29-8-11(14)5-17(23)26/h1-4,6,8-9H,5H2,(H2,23,26)(H2,24,27,28). The van der Waals surface area contributed by atoms with Crippen molar-refractivity contribution in [3.8, 4) is 28.6 Å². The van der Waals surface area contributed by atoms with E-state index >= 15 is 0 Å². The van der Waals surface area contributed by atoms with E-state index in [-0.39, 0.29) is 22.7 Å². The number of fused-ring (bicyclic) bond motifs is 1. The number of primary amides is 1. The summed E-state index contributed by atoms with van der Waals surface area (Å²) in [6, 6.07) is 10.5. The molecular weight excluding hydrogens is 412 g/mol. The molecule has 7 nitrogen and oxygen atoms in total. The minimum Gasteiger partial charge on any atom is -0.504 e. The maximum absolute atomic E-state index is 11.9. The number of nitrogens with one attached hydrogen (secondary N) is 1. The zero-order chi connectivity index (χ0) is 20.7. The van der Waals surface area contributed by atoms with Crippen LogP contribution in [0.25, 0.3) is 27.8 Å². The van der Waals surface area contributed by atoms with Gasteiger partial charge >= 0.3 is 0 Å². The third-order valence-corrected chi connectivity index (χ3v) is 5.62. The predicted octanol–water partition coefficient (Wildman–Crippen LogP) is 3.31. The molecule has 0 fully saturated rings. The molecule has 0 aliphatic heterocycles. The number of amides is 1. The number of H-pyrrole nitrogens is 1. The van der Waals surface area contributed by atoms with Gasteiger partial charge in [0.2, 0.25) is 5.91 Å². The number of thiophene rings is 1. The van der Waals surface area contributed by atoms with Crippen molar-refractivity contribution in [3.63, 3.8) is 0 Å². The number of carbonyl (C=O) groups excluding carboxylic acids is 1. The van der Waals surface area contributed by atoms with Gasteiger partial charge in [0.25, 0.3) is 5.56 Å². The monoisotopic (exact) mass is 424 g/mol. The molecule has 1 amide bonds. The zero-order valence-electron chi connectivity index (χ0n) is 14.8. The van der Waals surface area contributed by atoms with Crippen LogP contribution in [0.5, 0.6) is 5.75 Å². The Labute approximate surface area is 173 Å². The van der Waals surface area contributed by atoms with Crippen LogP contribution in [-0.4, -0.2) is 20.6 Å². The van der Waals surface area contributed by atoms with Crippen molar-refractivity contribution >= 4 is 39.9 Å². The molecule has 144 valence electrons. The molecule has 0 bridgehead atoms.